The molecule has 0 unspecified atom stereocenters. The predicted molar refractivity (Wildman–Crippen MR) is 62.6 cm³/mol. The van der Waals surface area contributed by atoms with Crippen LogP contribution in [0.1, 0.15) is 38.8 Å². The summed E-state index contributed by atoms with van der Waals surface area (Å²) in [7, 11) is 0. The van der Waals surface area contributed by atoms with Gasteiger partial charge in [-0.1, -0.05) is 20.8 Å². The van der Waals surface area contributed by atoms with Gasteiger partial charge < -0.3 is 5.32 Å². The average molecular weight is 258 g/mol. The van der Waals surface area contributed by atoms with E-state index in [4.69, 9.17) is 0 Å². The van der Waals surface area contributed by atoms with Crippen molar-refractivity contribution in [2.75, 3.05) is 11.9 Å². The van der Waals surface area contributed by atoms with Crippen molar-refractivity contribution in [3.05, 3.63) is 16.5 Å². The zero-order valence-electron chi connectivity index (χ0n) is 8.84. The van der Waals surface area contributed by atoms with Crippen LogP contribution in [0, 0.1) is 0 Å². The third kappa shape index (κ3) is 2.67. The van der Waals surface area contributed by atoms with Gasteiger partial charge in [-0.15, -0.1) is 0 Å². The second kappa shape index (κ2) is 5.29. The van der Waals surface area contributed by atoms with E-state index in [1.165, 1.54) is 0 Å². The summed E-state index contributed by atoms with van der Waals surface area (Å²) in [5.41, 5.74) is 1.05. The van der Waals surface area contributed by atoms with E-state index in [0.717, 1.165) is 29.0 Å². The van der Waals surface area contributed by atoms with Crippen LogP contribution < -0.4 is 5.32 Å². The molecule has 0 spiro atoms. The Morgan fingerprint density at radius 2 is 2.14 bits per heavy atom. The summed E-state index contributed by atoms with van der Waals surface area (Å²) in [6.07, 6.45) is 2.70. The molecule has 0 amide bonds. The molecule has 1 aromatic rings. The van der Waals surface area contributed by atoms with Crippen molar-refractivity contribution in [1.82, 2.24) is 9.97 Å². The van der Waals surface area contributed by atoms with Gasteiger partial charge in [0.05, 0.1) is 10.2 Å². The summed E-state index contributed by atoms with van der Waals surface area (Å²) < 4.78 is 0.989. The monoisotopic (exact) mass is 257 g/mol. The third-order valence-electron chi connectivity index (χ3n) is 1.91. The Labute approximate surface area is 93.5 Å². The summed E-state index contributed by atoms with van der Waals surface area (Å²) in [4.78, 5) is 8.44. The summed E-state index contributed by atoms with van der Waals surface area (Å²) in [6, 6.07) is 0. The van der Waals surface area contributed by atoms with Gasteiger partial charge >= 0.3 is 0 Å². The topological polar surface area (TPSA) is 37.8 Å². The second-order valence-corrected chi connectivity index (χ2v) is 4.30. The molecule has 3 nitrogen and oxygen atoms in total. The molecule has 1 N–H and O–H groups in total. The maximum atomic E-state index is 4.25. The van der Waals surface area contributed by atoms with Crippen molar-refractivity contribution in [3.8, 4) is 0 Å². The Kier molecular flexibility index (Phi) is 4.32. The van der Waals surface area contributed by atoms with Crippen LogP contribution in [0.15, 0.2) is 10.8 Å². The first kappa shape index (κ1) is 11.4. The normalized spacial score (nSPS) is 10.6. The van der Waals surface area contributed by atoms with E-state index in [-0.39, 0.29) is 0 Å². The zero-order valence-corrected chi connectivity index (χ0v) is 10.4. The number of halogens is 1. The van der Waals surface area contributed by atoms with Gasteiger partial charge in [0.15, 0.2) is 0 Å². The molecule has 0 atom stereocenters. The van der Waals surface area contributed by atoms with Crippen molar-refractivity contribution in [2.24, 2.45) is 0 Å². The van der Waals surface area contributed by atoms with Crippen molar-refractivity contribution >= 4 is 21.7 Å². The Bertz CT molecular complexity index is 299. The number of hydrogen-bond donors (Lipinski definition) is 1. The molecule has 0 fully saturated rings. The lowest BCUT2D eigenvalue weighted by atomic mass is 10.1. The molecule has 1 heterocycles. The summed E-state index contributed by atoms with van der Waals surface area (Å²) in [5, 5.41) is 3.26. The van der Waals surface area contributed by atoms with Gasteiger partial charge in [0, 0.05) is 6.54 Å². The van der Waals surface area contributed by atoms with Crippen molar-refractivity contribution < 1.29 is 0 Å². The van der Waals surface area contributed by atoms with Crippen molar-refractivity contribution in [3.63, 3.8) is 0 Å². The molecule has 0 radical (unpaired) electrons. The molecule has 0 aromatic carbocycles. The van der Waals surface area contributed by atoms with Crippen molar-refractivity contribution in [1.29, 1.82) is 0 Å². The third-order valence-corrected chi connectivity index (χ3v) is 2.69. The minimum absolute atomic E-state index is 0.412. The standard InChI is InChI=1S/C10H16BrN3/c1-4-5-12-10-8(11)9(7(2)3)13-6-14-10/h6-7H,4-5H2,1-3H3,(H,12,13,14). The Morgan fingerprint density at radius 1 is 1.43 bits per heavy atom. The number of nitrogens with one attached hydrogen (secondary N) is 1. The lowest BCUT2D eigenvalue weighted by Crippen LogP contribution is -2.06. The van der Waals surface area contributed by atoms with Crippen LogP contribution in [0.25, 0.3) is 0 Å². The van der Waals surface area contributed by atoms with Crippen molar-refractivity contribution in [2.45, 2.75) is 33.1 Å². The van der Waals surface area contributed by atoms with E-state index in [2.05, 4.69) is 52.0 Å². The summed E-state index contributed by atoms with van der Waals surface area (Å²) >= 11 is 3.52. The number of hydrogen-bond acceptors (Lipinski definition) is 3. The first-order chi connectivity index (χ1) is 6.66. The molecule has 4 heteroatoms. The molecule has 0 aliphatic carbocycles. The number of rotatable bonds is 4. The van der Waals surface area contributed by atoms with Gasteiger partial charge in [0.2, 0.25) is 0 Å². The first-order valence-corrected chi connectivity index (χ1v) is 5.70. The van der Waals surface area contributed by atoms with E-state index in [9.17, 15) is 0 Å². The van der Waals surface area contributed by atoms with Crippen LogP contribution >= 0.6 is 15.9 Å². The van der Waals surface area contributed by atoms with Gasteiger partial charge in [0.1, 0.15) is 12.1 Å². The molecule has 0 aliphatic heterocycles. The predicted octanol–water partition coefficient (Wildman–Crippen LogP) is 3.18. The lowest BCUT2D eigenvalue weighted by molar-refractivity contribution is 0.805. The van der Waals surface area contributed by atoms with Gasteiger partial charge in [-0.25, -0.2) is 9.97 Å². The quantitative estimate of drug-likeness (QED) is 0.901. The Hall–Kier alpha value is -0.640. The van der Waals surface area contributed by atoms with Gasteiger partial charge in [0.25, 0.3) is 0 Å². The zero-order chi connectivity index (χ0) is 10.6. The highest BCUT2D eigenvalue weighted by molar-refractivity contribution is 9.10. The van der Waals surface area contributed by atoms with E-state index in [0.29, 0.717) is 5.92 Å². The summed E-state index contributed by atoms with van der Waals surface area (Å²) in [6.45, 7) is 7.31. The Morgan fingerprint density at radius 3 is 2.71 bits per heavy atom. The molecular formula is C10H16BrN3. The second-order valence-electron chi connectivity index (χ2n) is 3.50. The van der Waals surface area contributed by atoms with Crippen LogP contribution in [0.4, 0.5) is 5.82 Å². The fourth-order valence-corrected chi connectivity index (χ4v) is 1.96. The lowest BCUT2D eigenvalue weighted by Gasteiger charge is -2.11. The number of anilines is 1. The molecule has 78 valence electrons. The summed E-state index contributed by atoms with van der Waals surface area (Å²) in [5.74, 6) is 1.31. The number of nitrogens with zero attached hydrogens (tertiary/aromatic N) is 2. The minimum Gasteiger partial charge on any atom is -0.369 e. The maximum Gasteiger partial charge on any atom is 0.144 e. The van der Waals surface area contributed by atoms with E-state index in [1.807, 2.05) is 0 Å². The van der Waals surface area contributed by atoms with Gasteiger partial charge in [-0.3, -0.25) is 0 Å². The molecule has 0 aliphatic rings. The van der Waals surface area contributed by atoms with E-state index >= 15 is 0 Å². The average Bonchev–Trinajstić information content (AvgIpc) is 2.16. The van der Waals surface area contributed by atoms with Gasteiger partial charge in [-0.05, 0) is 28.3 Å². The van der Waals surface area contributed by atoms with E-state index < -0.39 is 0 Å². The van der Waals surface area contributed by atoms with Crippen LogP contribution in [-0.2, 0) is 0 Å². The molecule has 0 bridgehead atoms. The van der Waals surface area contributed by atoms with Crippen LogP contribution in [-0.4, -0.2) is 16.5 Å². The highest BCUT2D eigenvalue weighted by Crippen LogP contribution is 2.27. The highest BCUT2D eigenvalue weighted by Gasteiger charge is 2.10. The maximum absolute atomic E-state index is 4.25. The number of aromatic nitrogens is 2. The highest BCUT2D eigenvalue weighted by atomic mass is 79.9. The minimum atomic E-state index is 0.412. The molecule has 14 heavy (non-hydrogen) atoms. The molecule has 1 rings (SSSR count). The Balaban J connectivity index is 2.89. The first-order valence-electron chi connectivity index (χ1n) is 4.91. The molecular weight excluding hydrogens is 242 g/mol. The molecule has 1 aromatic heterocycles. The van der Waals surface area contributed by atoms with E-state index in [1.54, 1.807) is 6.33 Å². The van der Waals surface area contributed by atoms with Crippen LogP contribution in [0.5, 0.6) is 0 Å². The van der Waals surface area contributed by atoms with Crippen LogP contribution in [0.3, 0.4) is 0 Å². The smallest absolute Gasteiger partial charge is 0.144 e. The van der Waals surface area contributed by atoms with Gasteiger partial charge in [-0.2, -0.15) is 0 Å². The fourth-order valence-electron chi connectivity index (χ4n) is 1.15. The SMILES string of the molecule is CCCNc1ncnc(C(C)C)c1Br. The largest absolute Gasteiger partial charge is 0.369 e. The van der Waals surface area contributed by atoms with Crippen LogP contribution in [0.2, 0.25) is 0 Å². The molecule has 0 saturated heterocycles. The molecule has 0 saturated carbocycles. The fraction of sp³-hybridized carbons (Fsp3) is 0.600.